The van der Waals surface area contributed by atoms with Gasteiger partial charge in [0.2, 0.25) is 0 Å². The summed E-state index contributed by atoms with van der Waals surface area (Å²) in [6.45, 7) is 3.02. The molecule has 1 heterocycles. The summed E-state index contributed by atoms with van der Waals surface area (Å²) in [7, 11) is 1.68. The molecule has 18 heavy (non-hydrogen) atoms. The van der Waals surface area contributed by atoms with E-state index < -0.39 is 0 Å². The molecule has 0 aliphatic carbocycles. The molecule has 0 fully saturated rings. The fourth-order valence-corrected chi connectivity index (χ4v) is 1.72. The number of thioether (sulfide) groups is 1. The highest BCUT2D eigenvalue weighted by atomic mass is 32.2. The zero-order valence-corrected chi connectivity index (χ0v) is 11.8. The van der Waals surface area contributed by atoms with Crippen LogP contribution in [0, 0.1) is 0 Å². The van der Waals surface area contributed by atoms with Crippen molar-refractivity contribution in [3.8, 4) is 0 Å². The highest BCUT2D eigenvalue weighted by Crippen LogP contribution is 2.13. The van der Waals surface area contributed by atoms with E-state index in [1.54, 1.807) is 25.2 Å². The summed E-state index contributed by atoms with van der Waals surface area (Å²) >= 11 is 1.61. The average molecular weight is 271 g/mol. The molecule has 1 rings (SSSR count). The van der Waals surface area contributed by atoms with Crippen LogP contribution in [-0.2, 0) is 9.47 Å². The van der Waals surface area contributed by atoms with Gasteiger partial charge in [-0.1, -0.05) is 0 Å². The lowest BCUT2D eigenvalue weighted by Gasteiger charge is -2.06. The normalized spacial score (nSPS) is 10.6. The third-order valence-electron chi connectivity index (χ3n) is 2.30. The minimum Gasteiger partial charge on any atom is -0.382 e. The van der Waals surface area contributed by atoms with Gasteiger partial charge >= 0.3 is 0 Å². The van der Waals surface area contributed by atoms with Crippen LogP contribution in [0.4, 0.5) is 5.82 Å². The topological polar surface area (TPSA) is 56.3 Å². The van der Waals surface area contributed by atoms with Crippen LogP contribution in [0.25, 0.3) is 0 Å². The summed E-state index contributed by atoms with van der Waals surface area (Å²) < 4.78 is 10.3. The maximum absolute atomic E-state index is 5.38. The number of methoxy groups -OCH3 is 1. The number of unbranched alkanes of at least 4 members (excludes halogenated alkanes) is 1. The molecular formula is C12H21N3O2S. The van der Waals surface area contributed by atoms with E-state index in [1.165, 1.54) is 0 Å². The van der Waals surface area contributed by atoms with E-state index in [1.807, 2.05) is 12.3 Å². The molecule has 0 bridgehead atoms. The summed E-state index contributed by atoms with van der Waals surface area (Å²) in [6, 6.07) is 1.96. The van der Waals surface area contributed by atoms with Crippen molar-refractivity contribution in [2.24, 2.45) is 0 Å². The van der Waals surface area contributed by atoms with Crippen LogP contribution >= 0.6 is 11.8 Å². The fraction of sp³-hybridized carbons (Fsp3) is 0.667. The van der Waals surface area contributed by atoms with E-state index in [2.05, 4.69) is 15.3 Å². The highest BCUT2D eigenvalue weighted by molar-refractivity contribution is 7.98. The van der Waals surface area contributed by atoms with Crippen molar-refractivity contribution < 1.29 is 9.47 Å². The molecule has 0 aliphatic rings. The number of nitrogens with one attached hydrogen (secondary N) is 1. The van der Waals surface area contributed by atoms with Crippen LogP contribution in [0.5, 0.6) is 0 Å². The second-order valence-corrected chi connectivity index (χ2v) is 4.51. The Hall–Kier alpha value is -0.850. The van der Waals surface area contributed by atoms with Gasteiger partial charge in [-0.25, -0.2) is 9.97 Å². The Kier molecular flexibility index (Phi) is 8.54. The molecule has 0 amide bonds. The van der Waals surface area contributed by atoms with Gasteiger partial charge in [-0.3, -0.25) is 0 Å². The first-order chi connectivity index (χ1) is 8.86. The molecule has 1 aromatic rings. The maximum Gasteiger partial charge on any atom is 0.130 e. The summed E-state index contributed by atoms with van der Waals surface area (Å²) in [4.78, 5) is 8.29. The molecule has 0 aromatic carbocycles. The van der Waals surface area contributed by atoms with Crippen molar-refractivity contribution in [1.29, 1.82) is 0 Å². The second kappa shape index (κ2) is 10.1. The quantitative estimate of drug-likeness (QED) is 0.399. The van der Waals surface area contributed by atoms with Crippen molar-refractivity contribution in [3.63, 3.8) is 0 Å². The van der Waals surface area contributed by atoms with E-state index in [-0.39, 0.29) is 0 Å². The van der Waals surface area contributed by atoms with Gasteiger partial charge in [0.05, 0.1) is 13.2 Å². The predicted octanol–water partition coefficient (Wildman–Crippen LogP) is 2.05. The Morgan fingerprint density at radius 1 is 1.22 bits per heavy atom. The van der Waals surface area contributed by atoms with Gasteiger partial charge in [-0.05, 0) is 19.1 Å². The standard InChI is InChI=1S/C12H21N3O2S/c1-16-7-8-17-6-4-3-5-13-11-9-12(18-2)15-10-14-11/h9-10H,3-8H2,1-2H3,(H,13,14,15). The van der Waals surface area contributed by atoms with Crippen molar-refractivity contribution in [2.45, 2.75) is 17.9 Å². The zero-order chi connectivity index (χ0) is 13.1. The maximum atomic E-state index is 5.38. The number of hydrogen-bond donors (Lipinski definition) is 1. The monoisotopic (exact) mass is 271 g/mol. The zero-order valence-electron chi connectivity index (χ0n) is 11.0. The molecule has 0 saturated heterocycles. The van der Waals surface area contributed by atoms with Crippen LogP contribution in [0.15, 0.2) is 17.4 Å². The minimum atomic E-state index is 0.663. The summed E-state index contributed by atoms with van der Waals surface area (Å²) in [5.41, 5.74) is 0. The Bertz CT molecular complexity index is 326. The van der Waals surface area contributed by atoms with Gasteiger partial charge < -0.3 is 14.8 Å². The van der Waals surface area contributed by atoms with Crippen molar-refractivity contribution in [2.75, 3.05) is 45.0 Å². The van der Waals surface area contributed by atoms with Crippen LogP contribution < -0.4 is 5.32 Å². The van der Waals surface area contributed by atoms with E-state index in [9.17, 15) is 0 Å². The molecule has 5 nitrogen and oxygen atoms in total. The third kappa shape index (κ3) is 6.78. The Balaban J connectivity index is 2.03. The Morgan fingerprint density at radius 2 is 2.11 bits per heavy atom. The van der Waals surface area contributed by atoms with Gasteiger partial charge in [0, 0.05) is 26.3 Å². The Labute approximate surface area is 113 Å². The van der Waals surface area contributed by atoms with Gasteiger partial charge in [0.25, 0.3) is 0 Å². The molecule has 6 heteroatoms. The van der Waals surface area contributed by atoms with Gasteiger partial charge in [-0.15, -0.1) is 11.8 Å². The van der Waals surface area contributed by atoms with Crippen molar-refractivity contribution in [3.05, 3.63) is 12.4 Å². The molecule has 0 atom stereocenters. The number of hydrogen-bond acceptors (Lipinski definition) is 6. The molecule has 0 saturated carbocycles. The molecule has 0 radical (unpaired) electrons. The van der Waals surface area contributed by atoms with Crippen LogP contribution in [-0.4, -0.2) is 49.7 Å². The van der Waals surface area contributed by atoms with Gasteiger partial charge in [0.1, 0.15) is 17.2 Å². The predicted molar refractivity (Wildman–Crippen MR) is 74.2 cm³/mol. The second-order valence-electron chi connectivity index (χ2n) is 3.68. The SMILES string of the molecule is COCCOCCCCNc1cc(SC)ncn1. The molecule has 1 aromatic heterocycles. The molecule has 0 aliphatic heterocycles. The molecule has 0 unspecified atom stereocenters. The minimum absolute atomic E-state index is 0.663. The fourth-order valence-electron chi connectivity index (χ4n) is 1.34. The Morgan fingerprint density at radius 3 is 2.89 bits per heavy atom. The number of ether oxygens (including phenoxy) is 2. The van der Waals surface area contributed by atoms with Crippen molar-refractivity contribution >= 4 is 17.6 Å². The summed E-state index contributed by atoms with van der Waals surface area (Å²) in [5, 5.41) is 4.26. The number of rotatable bonds is 10. The first-order valence-electron chi connectivity index (χ1n) is 6.03. The number of nitrogens with zero attached hydrogens (tertiary/aromatic N) is 2. The molecule has 0 spiro atoms. The van der Waals surface area contributed by atoms with E-state index >= 15 is 0 Å². The van der Waals surface area contributed by atoms with E-state index in [0.29, 0.717) is 13.2 Å². The lowest BCUT2D eigenvalue weighted by Crippen LogP contribution is -2.07. The number of anilines is 1. The van der Waals surface area contributed by atoms with E-state index in [4.69, 9.17) is 9.47 Å². The first kappa shape index (κ1) is 15.2. The van der Waals surface area contributed by atoms with Crippen LogP contribution in [0.1, 0.15) is 12.8 Å². The summed E-state index contributed by atoms with van der Waals surface area (Å²) in [6.07, 6.45) is 5.69. The molecule has 1 N–H and O–H groups in total. The summed E-state index contributed by atoms with van der Waals surface area (Å²) in [5.74, 6) is 0.884. The smallest absolute Gasteiger partial charge is 0.130 e. The van der Waals surface area contributed by atoms with E-state index in [0.717, 1.165) is 36.8 Å². The highest BCUT2D eigenvalue weighted by Gasteiger charge is 1.96. The number of aromatic nitrogens is 2. The molecular weight excluding hydrogens is 250 g/mol. The lowest BCUT2D eigenvalue weighted by molar-refractivity contribution is 0.0691. The third-order valence-corrected chi connectivity index (χ3v) is 2.95. The van der Waals surface area contributed by atoms with Crippen LogP contribution in [0.3, 0.4) is 0 Å². The van der Waals surface area contributed by atoms with Crippen molar-refractivity contribution in [1.82, 2.24) is 9.97 Å². The average Bonchev–Trinajstić information content (AvgIpc) is 2.42. The van der Waals surface area contributed by atoms with Gasteiger partial charge in [0.15, 0.2) is 0 Å². The van der Waals surface area contributed by atoms with Gasteiger partial charge in [-0.2, -0.15) is 0 Å². The largest absolute Gasteiger partial charge is 0.382 e. The first-order valence-corrected chi connectivity index (χ1v) is 7.26. The lowest BCUT2D eigenvalue weighted by atomic mass is 10.3. The molecule has 102 valence electrons. The van der Waals surface area contributed by atoms with Crippen LogP contribution in [0.2, 0.25) is 0 Å².